The molecule has 1 aliphatic heterocycles. The van der Waals surface area contributed by atoms with Gasteiger partial charge in [-0.2, -0.15) is 0 Å². The third-order valence-electron chi connectivity index (χ3n) is 6.75. The van der Waals surface area contributed by atoms with Crippen LogP contribution in [-0.2, 0) is 0 Å². The Bertz CT molecular complexity index is 1140. The van der Waals surface area contributed by atoms with Gasteiger partial charge in [0.2, 0.25) is 0 Å². The molecule has 3 aromatic rings. The van der Waals surface area contributed by atoms with Crippen LogP contribution in [0.5, 0.6) is 0 Å². The molecule has 0 amide bonds. The normalized spacial score (nSPS) is 14.9. The third kappa shape index (κ3) is 7.12. The molecular formula is C29H39N7. The van der Waals surface area contributed by atoms with Crippen LogP contribution in [0.3, 0.4) is 0 Å². The summed E-state index contributed by atoms with van der Waals surface area (Å²) in [5.74, 6) is 1.48. The molecule has 4 rings (SSSR count). The molecule has 190 valence electrons. The smallest absolute Gasteiger partial charge is 0.180 e. The minimum absolute atomic E-state index is 0.0769. The standard InChI is InChI=1S/C29H39N7/c1-21-12-13-31-26(19-21)29-34-24(4)23(3)28(35-29)32-20-27(25-10-6-5-7-11-25)33-22(2)9-8-16-36-17-14-30-15-18-36/h5-7,10-13,19,27,30,33H,2,8-9,14-18,20H2,1,3-4H3,(H,32,34,35). The van der Waals surface area contributed by atoms with Crippen molar-refractivity contribution in [3.8, 4) is 11.5 Å². The molecule has 36 heavy (non-hydrogen) atoms. The Morgan fingerprint density at radius 2 is 1.86 bits per heavy atom. The maximum Gasteiger partial charge on any atom is 0.180 e. The molecule has 1 unspecified atom stereocenters. The second kappa shape index (κ2) is 12.6. The highest BCUT2D eigenvalue weighted by Crippen LogP contribution is 2.23. The van der Waals surface area contributed by atoms with Gasteiger partial charge >= 0.3 is 0 Å². The van der Waals surface area contributed by atoms with E-state index < -0.39 is 0 Å². The molecule has 1 saturated heterocycles. The maximum absolute atomic E-state index is 4.85. The molecule has 0 saturated carbocycles. The lowest BCUT2D eigenvalue weighted by Crippen LogP contribution is -2.43. The topological polar surface area (TPSA) is 78.0 Å². The lowest BCUT2D eigenvalue weighted by molar-refractivity contribution is 0.238. The van der Waals surface area contributed by atoms with Crippen molar-refractivity contribution in [1.82, 2.24) is 30.5 Å². The first-order valence-corrected chi connectivity index (χ1v) is 12.9. The fourth-order valence-corrected chi connectivity index (χ4v) is 4.48. The van der Waals surface area contributed by atoms with Crippen LogP contribution in [0.15, 0.2) is 60.9 Å². The number of allylic oxidation sites excluding steroid dienone is 1. The first-order valence-electron chi connectivity index (χ1n) is 12.9. The molecule has 1 aliphatic rings. The predicted molar refractivity (Wildman–Crippen MR) is 148 cm³/mol. The highest BCUT2D eigenvalue weighted by atomic mass is 15.2. The summed E-state index contributed by atoms with van der Waals surface area (Å²) in [6.45, 7) is 16.7. The van der Waals surface area contributed by atoms with E-state index in [1.54, 1.807) is 6.20 Å². The van der Waals surface area contributed by atoms with Crippen LogP contribution in [0, 0.1) is 20.8 Å². The molecule has 0 bridgehead atoms. The highest BCUT2D eigenvalue weighted by Gasteiger charge is 2.16. The maximum atomic E-state index is 4.85. The van der Waals surface area contributed by atoms with Gasteiger partial charge in [0.1, 0.15) is 11.5 Å². The third-order valence-corrected chi connectivity index (χ3v) is 6.75. The number of benzene rings is 1. The van der Waals surface area contributed by atoms with Gasteiger partial charge in [-0.05, 0) is 63.4 Å². The number of nitrogens with one attached hydrogen (secondary N) is 3. The Morgan fingerprint density at radius 3 is 2.61 bits per heavy atom. The van der Waals surface area contributed by atoms with Crippen molar-refractivity contribution in [2.75, 3.05) is 44.6 Å². The average Bonchev–Trinajstić information content (AvgIpc) is 2.89. The molecule has 2 aromatic heterocycles. The molecule has 1 atom stereocenters. The van der Waals surface area contributed by atoms with E-state index in [4.69, 9.17) is 9.97 Å². The quantitative estimate of drug-likeness (QED) is 0.371. The van der Waals surface area contributed by atoms with Gasteiger partial charge < -0.3 is 20.9 Å². The number of hydrogen-bond acceptors (Lipinski definition) is 7. The van der Waals surface area contributed by atoms with E-state index in [-0.39, 0.29) is 6.04 Å². The molecule has 3 N–H and O–H groups in total. The Balaban J connectivity index is 1.43. The van der Waals surface area contributed by atoms with E-state index in [0.717, 1.165) is 79.6 Å². The predicted octanol–water partition coefficient (Wildman–Crippen LogP) is 4.41. The van der Waals surface area contributed by atoms with Crippen molar-refractivity contribution in [1.29, 1.82) is 0 Å². The van der Waals surface area contributed by atoms with Crippen molar-refractivity contribution in [3.63, 3.8) is 0 Å². The number of rotatable bonds is 11. The second-order valence-corrected chi connectivity index (χ2v) is 9.61. The van der Waals surface area contributed by atoms with E-state index >= 15 is 0 Å². The molecule has 0 aliphatic carbocycles. The summed E-state index contributed by atoms with van der Waals surface area (Å²) in [5.41, 5.74) is 6.22. The molecule has 0 spiro atoms. The summed E-state index contributed by atoms with van der Waals surface area (Å²) in [5, 5.41) is 10.7. The zero-order valence-electron chi connectivity index (χ0n) is 21.8. The average molecular weight is 486 g/mol. The first-order chi connectivity index (χ1) is 17.5. The van der Waals surface area contributed by atoms with E-state index in [1.807, 2.05) is 19.1 Å². The Morgan fingerprint density at radius 1 is 1.08 bits per heavy atom. The van der Waals surface area contributed by atoms with Crippen molar-refractivity contribution < 1.29 is 0 Å². The first kappa shape index (κ1) is 25.8. The van der Waals surface area contributed by atoms with Crippen LogP contribution in [0.4, 0.5) is 5.82 Å². The number of nitrogens with zero attached hydrogens (tertiary/aromatic N) is 4. The van der Waals surface area contributed by atoms with Crippen LogP contribution >= 0.6 is 0 Å². The van der Waals surface area contributed by atoms with Gasteiger partial charge in [0.25, 0.3) is 0 Å². The van der Waals surface area contributed by atoms with Crippen LogP contribution < -0.4 is 16.0 Å². The van der Waals surface area contributed by atoms with E-state index in [2.05, 4.69) is 76.6 Å². The number of hydrogen-bond donors (Lipinski definition) is 3. The largest absolute Gasteiger partial charge is 0.380 e. The summed E-state index contributed by atoms with van der Waals surface area (Å²) >= 11 is 0. The second-order valence-electron chi connectivity index (χ2n) is 9.61. The van der Waals surface area contributed by atoms with Crippen molar-refractivity contribution in [2.45, 2.75) is 39.7 Å². The fourth-order valence-electron chi connectivity index (χ4n) is 4.48. The van der Waals surface area contributed by atoms with Crippen LogP contribution in [0.2, 0.25) is 0 Å². The van der Waals surface area contributed by atoms with Crippen LogP contribution in [-0.4, -0.2) is 59.1 Å². The van der Waals surface area contributed by atoms with Crippen molar-refractivity contribution >= 4 is 5.82 Å². The minimum Gasteiger partial charge on any atom is -0.380 e. The van der Waals surface area contributed by atoms with E-state index in [1.165, 1.54) is 5.56 Å². The van der Waals surface area contributed by atoms with Crippen molar-refractivity contribution in [3.05, 3.63) is 83.3 Å². The van der Waals surface area contributed by atoms with Crippen LogP contribution in [0.1, 0.15) is 41.3 Å². The summed E-state index contributed by atoms with van der Waals surface area (Å²) in [7, 11) is 0. The highest BCUT2D eigenvalue weighted by molar-refractivity contribution is 5.57. The lowest BCUT2D eigenvalue weighted by atomic mass is 10.1. The SMILES string of the molecule is C=C(CCCN1CCNCC1)NC(CNc1nc(-c2cc(C)ccn2)nc(C)c1C)c1ccccc1. The van der Waals surface area contributed by atoms with Crippen molar-refractivity contribution in [2.24, 2.45) is 0 Å². The minimum atomic E-state index is 0.0769. The molecule has 1 aromatic carbocycles. The zero-order valence-corrected chi connectivity index (χ0v) is 21.8. The number of aryl methyl sites for hydroxylation is 2. The van der Waals surface area contributed by atoms with Gasteiger partial charge in [-0.1, -0.05) is 36.9 Å². The Labute approximate surface area is 215 Å². The molecule has 3 heterocycles. The monoisotopic (exact) mass is 485 g/mol. The summed E-state index contributed by atoms with van der Waals surface area (Å²) in [6, 6.07) is 14.6. The zero-order chi connectivity index (χ0) is 25.3. The molecule has 7 nitrogen and oxygen atoms in total. The molecule has 7 heteroatoms. The Kier molecular flexibility index (Phi) is 9.03. The number of pyridine rings is 1. The van der Waals surface area contributed by atoms with Gasteiger partial charge in [0.15, 0.2) is 5.82 Å². The van der Waals surface area contributed by atoms with Gasteiger partial charge in [-0.3, -0.25) is 4.98 Å². The fraction of sp³-hybridized carbons (Fsp3) is 0.414. The molecular weight excluding hydrogens is 446 g/mol. The lowest BCUT2D eigenvalue weighted by Gasteiger charge is -2.27. The molecule has 1 fully saturated rings. The Hall–Kier alpha value is -3.29. The molecule has 0 radical (unpaired) electrons. The van der Waals surface area contributed by atoms with E-state index in [9.17, 15) is 0 Å². The van der Waals surface area contributed by atoms with Crippen LogP contribution in [0.25, 0.3) is 11.5 Å². The van der Waals surface area contributed by atoms with E-state index in [0.29, 0.717) is 12.4 Å². The number of piperazine rings is 1. The van der Waals surface area contributed by atoms with Gasteiger partial charge in [0.05, 0.1) is 6.04 Å². The van der Waals surface area contributed by atoms with Gasteiger partial charge in [-0.25, -0.2) is 9.97 Å². The number of aromatic nitrogens is 3. The summed E-state index contributed by atoms with van der Waals surface area (Å²) < 4.78 is 0. The summed E-state index contributed by atoms with van der Waals surface area (Å²) in [4.78, 5) is 16.6. The van der Waals surface area contributed by atoms with Gasteiger partial charge in [-0.15, -0.1) is 0 Å². The summed E-state index contributed by atoms with van der Waals surface area (Å²) in [6.07, 6.45) is 3.87. The van der Waals surface area contributed by atoms with Gasteiger partial charge in [0, 0.05) is 55.9 Å². The number of anilines is 1.